The third-order valence-electron chi connectivity index (χ3n) is 1.36. The van der Waals surface area contributed by atoms with E-state index in [-0.39, 0.29) is 13.2 Å². The van der Waals surface area contributed by atoms with Gasteiger partial charge in [0.2, 0.25) is 0 Å². The predicted molar refractivity (Wildman–Crippen MR) is 52.5 cm³/mol. The van der Waals surface area contributed by atoms with Crippen LogP contribution in [-0.2, 0) is 19.0 Å². The highest BCUT2D eigenvalue weighted by Gasteiger charge is 2.28. The van der Waals surface area contributed by atoms with Gasteiger partial charge in [0.05, 0.1) is 13.2 Å². The SMILES string of the molecule is C=CC(=O)OCCNC(=O)OCCOC(F)(F)F. The fraction of sp³-hybridized carbons (Fsp3) is 0.556. The predicted octanol–water partition coefficient (Wildman–Crippen LogP) is 0.978. The van der Waals surface area contributed by atoms with Crippen LogP contribution in [0.2, 0.25) is 0 Å². The third kappa shape index (κ3) is 10.7. The number of amides is 1. The molecule has 0 aliphatic rings. The molecule has 0 unspecified atom stereocenters. The number of carbonyl (C=O) groups is 2. The number of rotatable bonds is 7. The van der Waals surface area contributed by atoms with E-state index in [1.54, 1.807) is 0 Å². The highest BCUT2D eigenvalue weighted by atomic mass is 19.4. The summed E-state index contributed by atoms with van der Waals surface area (Å²) in [4.78, 5) is 21.4. The van der Waals surface area contributed by atoms with Crippen molar-refractivity contribution in [1.29, 1.82) is 0 Å². The van der Waals surface area contributed by atoms with Crippen LogP contribution in [0.25, 0.3) is 0 Å². The quantitative estimate of drug-likeness (QED) is 0.424. The van der Waals surface area contributed by atoms with Crippen molar-refractivity contribution in [1.82, 2.24) is 5.32 Å². The first-order chi connectivity index (χ1) is 8.35. The van der Waals surface area contributed by atoms with E-state index in [0.717, 1.165) is 6.08 Å². The zero-order valence-corrected chi connectivity index (χ0v) is 9.29. The Balaban J connectivity index is 3.44. The molecule has 0 fully saturated rings. The second kappa shape index (κ2) is 8.34. The van der Waals surface area contributed by atoms with Gasteiger partial charge in [-0.25, -0.2) is 9.59 Å². The fourth-order valence-corrected chi connectivity index (χ4v) is 0.706. The monoisotopic (exact) mass is 271 g/mol. The fourth-order valence-electron chi connectivity index (χ4n) is 0.706. The lowest BCUT2D eigenvalue weighted by Gasteiger charge is -2.09. The first kappa shape index (κ1) is 16.2. The second-order valence-electron chi connectivity index (χ2n) is 2.73. The van der Waals surface area contributed by atoms with Gasteiger partial charge in [-0.05, 0) is 0 Å². The second-order valence-corrected chi connectivity index (χ2v) is 2.73. The summed E-state index contributed by atoms with van der Waals surface area (Å²) >= 11 is 0. The lowest BCUT2D eigenvalue weighted by Crippen LogP contribution is -2.30. The number of ether oxygens (including phenoxy) is 3. The van der Waals surface area contributed by atoms with Crippen LogP contribution in [0.3, 0.4) is 0 Å². The van der Waals surface area contributed by atoms with E-state index in [0.29, 0.717) is 0 Å². The normalized spacial score (nSPS) is 10.6. The zero-order valence-electron chi connectivity index (χ0n) is 9.29. The summed E-state index contributed by atoms with van der Waals surface area (Å²) in [5.41, 5.74) is 0. The molecule has 0 bridgehead atoms. The van der Waals surface area contributed by atoms with Crippen molar-refractivity contribution in [3.8, 4) is 0 Å². The Morgan fingerprint density at radius 1 is 1.17 bits per heavy atom. The number of hydrogen-bond donors (Lipinski definition) is 1. The average Bonchev–Trinajstić information content (AvgIpc) is 2.28. The number of alkyl halides is 3. The van der Waals surface area contributed by atoms with Crippen LogP contribution < -0.4 is 5.32 Å². The van der Waals surface area contributed by atoms with E-state index in [1.165, 1.54) is 0 Å². The molecule has 0 radical (unpaired) electrons. The van der Waals surface area contributed by atoms with Crippen molar-refractivity contribution in [2.75, 3.05) is 26.4 Å². The van der Waals surface area contributed by atoms with Crippen LogP contribution >= 0.6 is 0 Å². The minimum absolute atomic E-state index is 0.0292. The number of carbonyl (C=O) groups excluding carboxylic acids is 2. The maximum atomic E-state index is 11.5. The molecule has 6 nitrogen and oxygen atoms in total. The molecule has 0 aromatic heterocycles. The molecular weight excluding hydrogens is 259 g/mol. The van der Waals surface area contributed by atoms with Gasteiger partial charge in [0.15, 0.2) is 0 Å². The molecule has 0 rings (SSSR count). The molecule has 1 N–H and O–H groups in total. The topological polar surface area (TPSA) is 73.9 Å². The Kier molecular flexibility index (Phi) is 7.52. The van der Waals surface area contributed by atoms with E-state index in [1.807, 2.05) is 0 Å². The summed E-state index contributed by atoms with van der Waals surface area (Å²) in [7, 11) is 0. The smallest absolute Gasteiger partial charge is 0.461 e. The van der Waals surface area contributed by atoms with Gasteiger partial charge in [-0.15, -0.1) is 13.2 Å². The van der Waals surface area contributed by atoms with Crippen molar-refractivity contribution in [2.24, 2.45) is 0 Å². The van der Waals surface area contributed by atoms with Crippen molar-refractivity contribution in [3.05, 3.63) is 12.7 Å². The molecule has 0 aliphatic heterocycles. The lowest BCUT2D eigenvalue weighted by atomic mass is 10.6. The number of alkyl carbamates (subject to hydrolysis) is 1. The summed E-state index contributed by atoms with van der Waals surface area (Å²) in [5, 5.41) is 2.15. The van der Waals surface area contributed by atoms with E-state index in [2.05, 4.69) is 26.1 Å². The third-order valence-corrected chi connectivity index (χ3v) is 1.36. The molecule has 1 amide bonds. The van der Waals surface area contributed by atoms with E-state index >= 15 is 0 Å². The maximum absolute atomic E-state index is 11.5. The van der Waals surface area contributed by atoms with Gasteiger partial charge in [-0.3, -0.25) is 4.74 Å². The number of halogens is 3. The van der Waals surface area contributed by atoms with Gasteiger partial charge in [-0.2, -0.15) is 0 Å². The van der Waals surface area contributed by atoms with Gasteiger partial charge in [-0.1, -0.05) is 6.58 Å². The van der Waals surface area contributed by atoms with E-state index in [4.69, 9.17) is 0 Å². The molecule has 104 valence electrons. The van der Waals surface area contributed by atoms with E-state index < -0.39 is 31.6 Å². The summed E-state index contributed by atoms with van der Waals surface area (Å²) in [6.07, 6.45) is -4.73. The average molecular weight is 271 g/mol. The molecule has 0 aromatic carbocycles. The van der Waals surface area contributed by atoms with Gasteiger partial charge >= 0.3 is 18.4 Å². The summed E-state index contributed by atoms with van der Waals surface area (Å²) < 4.78 is 46.7. The molecule has 0 saturated heterocycles. The van der Waals surface area contributed by atoms with Crippen molar-refractivity contribution in [3.63, 3.8) is 0 Å². The van der Waals surface area contributed by atoms with Gasteiger partial charge in [0, 0.05) is 6.08 Å². The summed E-state index contributed by atoms with van der Waals surface area (Å²) in [5.74, 6) is -0.649. The first-order valence-corrected chi connectivity index (χ1v) is 4.75. The molecule has 0 heterocycles. The first-order valence-electron chi connectivity index (χ1n) is 4.75. The maximum Gasteiger partial charge on any atom is 0.522 e. The summed E-state index contributed by atoms with van der Waals surface area (Å²) in [6.45, 7) is 1.69. The highest BCUT2D eigenvalue weighted by molar-refractivity contribution is 5.81. The molecule has 0 aliphatic carbocycles. The van der Waals surface area contributed by atoms with Crippen LogP contribution in [0.15, 0.2) is 12.7 Å². The molecule has 18 heavy (non-hydrogen) atoms. The van der Waals surface area contributed by atoms with Crippen LogP contribution in [0.4, 0.5) is 18.0 Å². The Morgan fingerprint density at radius 2 is 1.83 bits per heavy atom. The minimum atomic E-state index is -4.75. The van der Waals surface area contributed by atoms with Gasteiger partial charge in [0.25, 0.3) is 0 Å². The largest absolute Gasteiger partial charge is 0.522 e. The standard InChI is InChI=1S/C9H12F3NO5/c1-2-7(14)16-4-3-13-8(15)17-5-6-18-9(10,11)12/h2H,1,3-6H2,(H,13,15). The Labute approximate surface area is 101 Å². The van der Waals surface area contributed by atoms with Gasteiger partial charge in [0.1, 0.15) is 13.2 Å². The molecule has 9 heteroatoms. The van der Waals surface area contributed by atoms with Crippen LogP contribution in [0.1, 0.15) is 0 Å². The highest BCUT2D eigenvalue weighted by Crippen LogP contribution is 2.15. The lowest BCUT2D eigenvalue weighted by molar-refractivity contribution is -0.326. The van der Waals surface area contributed by atoms with Crippen molar-refractivity contribution >= 4 is 12.1 Å². The van der Waals surface area contributed by atoms with Crippen LogP contribution in [0.5, 0.6) is 0 Å². The Bertz CT molecular complexity index is 292. The summed E-state index contributed by atoms with van der Waals surface area (Å²) in [6, 6.07) is 0. The van der Waals surface area contributed by atoms with Crippen molar-refractivity contribution in [2.45, 2.75) is 6.36 Å². The van der Waals surface area contributed by atoms with Crippen molar-refractivity contribution < 1.29 is 37.0 Å². The Hall–Kier alpha value is -1.77. The van der Waals surface area contributed by atoms with E-state index in [9.17, 15) is 22.8 Å². The number of hydrogen-bond acceptors (Lipinski definition) is 5. The Morgan fingerprint density at radius 3 is 2.39 bits per heavy atom. The molecule has 0 aromatic rings. The molecule has 0 spiro atoms. The van der Waals surface area contributed by atoms with Gasteiger partial charge < -0.3 is 14.8 Å². The molecular formula is C9H12F3NO5. The number of esters is 1. The van der Waals surface area contributed by atoms with Crippen LogP contribution in [0, 0.1) is 0 Å². The number of nitrogens with one attached hydrogen (secondary N) is 1. The zero-order chi connectivity index (χ0) is 14.0. The minimum Gasteiger partial charge on any atom is -0.461 e. The molecule has 0 saturated carbocycles. The van der Waals surface area contributed by atoms with Crippen LogP contribution in [-0.4, -0.2) is 44.8 Å². The molecule has 0 atom stereocenters.